The van der Waals surface area contributed by atoms with Crippen molar-refractivity contribution in [3.05, 3.63) is 29.8 Å². The number of nitrogens with one attached hydrogen (secondary N) is 4. The first-order valence-corrected chi connectivity index (χ1v) is 11.3. The molecule has 1 rings (SSSR count). The number of aliphatic carboxylic acids is 1. The fraction of sp³-hybridized carbons (Fsp3) is 0.522. The van der Waals surface area contributed by atoms with Crippen molar-refractivity contribution in [3.63, 3.8) is 0 Å². The van der Waals surface area contributed by atoms with E-state index in [2.05, 4.69) is 21.3 Å². The third-order valence-corrected chi connectivity index (χ3v) is 5.14. The molecular weight excluding hydrogens is 458 g/mol. The van der Waals surface area contributed by atoms with Gasteiger partial charge in [-0.15, -0.1) is 0 Å². The van der Waals surface area contributed by atoms with Crippen LogP contribution >= 0.6 is 0 Å². The molecule has 35 heavy (non-hydrogen) atoms. The number of aromatic hydroxyl groups is 1. The van der Waals surface area contributed by atoms with Gasteiger partial charge in [0.25, 0.3) is 0 Å². The summed E-state index contributed by atoms with van der Waals surface area (Å²) >= 11 is 0. The minimum atomic E-state index is -1.21. The molecular formula is C23H35N5O7. The molecule has 12 heteroatoms. The lowest BCUT2D eigenvalue weighted by Crippen LogP contribution is -2.57. The number of nitrogens with two attached hydrogens (primary N) is 1. The zero-order valence-electron chi connectivity index (χ0n) is 20.2. The van der Waals surface area contributed by atoms with Gasteiger partial charge in [0.15, 0.2) is 0 Å². The van der Waals surface area contributed by atoms with Crippen LogP contribution in [0, 0.1) is 0 Å². The summed E-state index contributed by atoms with van der Waals surface area (Å²) in [6, 6.07) is 1.74. The van der Waals surface area contributed by atoms with E-state index in [9.17, 15) is 34.2 Å². The number of hydrogen-bond donors (Lipinski definition) is 7. The van der Waals surface area contributed by atoms with Crippen LogP contribution < -0.4 is 27.0 Å². The first-order valence-electron chi connectivity index (χ1n) is 11.3. The number of benzene rings is 1. The highest BCUT2D eigenvalue weighted by molar-refractivity contribution is 5.94. The number of phenolic OH excluding ortho intramolecular Hbond substituents is 1. The third-order valence-electron chi connectivity index (χ3n) is 5.14. The van der Waals surface area contributed by atoms with Crippen molar-refractivity contribution in [2.24, 2.45) is 5.73 Å². The molecule has 0 heterocycles. The van der Waals surface area contributed by atoms with E-state index < -0.39 is 53.8 Å². The standard InChI is InChI=1S/C23H35N5O7/c1-13(25-15(3)29)20(31)26-14(2)21(32)28-19(12-16-7-9-17(30)10-8-16)22(33)27-18(23(34)35)6-4-5-11-24/h7-10,13-14,18-19,30H,4-6,11-12,24H2,1-3H3,(H,25,29)(H,26,31)(H,27,33)(H,28,32)(H,34,35)/t13-,14-,18-,19-/m0/s1. The maximum absolute atomic E-state index is 13.0. The van der Waals surface area contributed by atoms with Crippen LogP contribution in [0.3, 0.4) is 0 Å². The van der Waals surface area contributed by atoms with Crippen LogP contribution in [-0.4, -0.2) is 70.5 Å². The first kappa shape index (κ1) is 29.4. The SMILES string of the molecule is CC(=O)N[C@@H](C)C(=O)N[C@@H](C)C(=O)N[C@@H](Cc1ccc(O)cc1)C(=O)N[C@@H](CCCCN)C(=O)O. The van der Waals surface area contributed by atoms with Crippen molar-refractivity contribution in [1.29, 1.82) is 0 Å². The van der Waals surface area contributed by atoms with Gasteiger partial charge in [-0.1, -0.05) is 12.1 Å². The third kappa shape index (κ3) is 10.9. The van der Waals surface area contributed by atoms with Gasteiger partial charge < -0.3 is 37.2 Å². The Morgan fingerprint density at radius 3 is 1.91 bits per heavy atom. The van der Waals surface area contributed by atoms with Crippen molar-refractivity contribution in [2.45, 2.75) is 70.6 Å². The van der Waals surface area contributed by atoms with Gasteiger partial charge in [-0.2, -0.15) is 0 Å². The second-order valence-corrected chi connectivity index (χ2v) is 8.27. The predicted molar refractivity (Wildman–Crippen MR) is 127 cm³/mol. The Hall–Kier alpha value is -3.67. The van der Waals surface area contributed by atoms with Gasteiger partial charge in [0, 0.05) is 13.3 Å². The molecule has 0 aliphatic carbocycles. The van der Waals surface area contributed by atoms with Gasteiger partial charge in [0.05, 0.1) is 0 Å². The molecule has 0 aromatic heterocycles. The van der Waals surface area contributed by atoms with Gasteiger partial charge in [-0.25, -0.2) is 4.79 Å². The van der Waals surface area contributed by atoms with Crippen LogP contribution in [0.25, 0.3) is 0 Å². The fourth-order valence-electron chi connectivity index (χ4n) is 3.17. The van der Waals surface area contributed by atoms with Crippen molar-refractivity contribution < 1.29 is 34.2 Å². The number of amides is 4. The zero-order valence-corrected chi connectivity index (χ0v) is 20.2. The summed E-state index contributed by atoms with van der Waals surface area (Å²) in [6.45, 7) is 4.52. The van der Waals surface area contributed by atoms with E-state index in [1.165, 1.54) is 32.9 Å². The normalized spacial score (nSPS) is 14.1. The van der Waals surface area contributed by atoms with E-state index in [0.29, 0.717) is 24.9 Å². The number of carbonyl (C=O) groups excluding carboxylic acids is 4. The van der Waals surface area contributed by atoms with E-state index in [4.69, 9.17) is 5.73 Å². The Balaban J connectivity index is 2.96. The van der Waals surface area contributed by atoms with Crippen molar-refractivity contribution in [1.82, 2.24) is 21.3 Å². The second-order valence-electron chi connectivity index (χ2n) is 8.27. The number of phenols is 1. The molecule has 0 bridgehead atoms. The van der Waals surface area contributed by atoms with Gasteiger partial charge in [-0.3, -0.25) is 19.2 Å². The molecule has 0 saturated carbocycles. The van der Waals surface area contributed by atoms with Gasteiger partial charge in [-0.05, 0) is 57.4 Å². The number of hydrogen-bond acceptors (Lipinski definition) is 7. The molecule has 194 valence electrons. The molecule has 0 saturated heterocycles. The molecule has 0 aliphatic rings. The summed E-state index contributed by atoms with van der Waals surface area (Å²) in [5.74, 6) is -3.57. The molecule has 0 unspecified atom stereocenters. The zero-order chi connectivity index (χ0) is 26.5. The topological polar surface area (TPSA) is 200 Å². The fourth-order valence-corrected chi connectivity index (χ4v) is 3.17. The number of carboxylic acid groups (broad SMARTS) is 1. The minimum Gasteiger partial charge on any atom is -0.508 e. The molecule has 0 radical (unpaired) electrons. The Kier molecular flexibility index (Phi) is 12.2. The van der Waals surface area contributed by atoms with Crippen LogP contribution in [0.15, 0.2) is 24.3 Å². The molecule has 1 aromatic carbocycles. The number of rotatable bonds is 14. The van der Waals surface area contributed by atoms with Crippen molar-refractivity contribution in [2.75, 3.05) is 6.54 Å². The smallest absolute Gasteiger partial charge is 0.326 e. The summed E-state index contributed by atoms with van der Waals surface area (Å²) in [6.07, 6.45) is 1.28. The molecule has 4 atom stereocenters. The summed E-state index contributed by atoms with van der Waals surface area (Å²) in [5, 5.41) is 28.8. The average molecular weight is 494 g/mol. The lowest BCUT2D eigenvalue weighted by molar-refractivity contribution is -0.142. The Labute approximate surface area is 204 Å². The second kappa shape index (κ2) is 14.6. The van der Waals surface area contributed by atoms with Gasteiger partial charge in [0.2, 0.25) is 23.6 Å². The average Bonchev–Trinajstić information content (AvgIpc) is 2.78. The molecule has 0 fully saturated rings. The van der Waals surface area contributed by atoms with Crippen LogP contribution in [0.4, 0.5) is 0 Å². The van der Waals surface area contributed by atoms with E-state index in [1.54, 1.807) is 12.1 Å². The molecule has 0 aliphatic heterocycles. The molecule has 4 amide bonds. The Morgan fingerprint density at radius 2 is 1.37 bits per heavy atom. The van der Waals surface area contributed by atoms with Crippen LogP contribution in [0.1, 0.15) is 45.6 Å². The molecule has 1 aromatic rings. The monoisotopic (exact) mass is 493 g/mol. The van der Waals surface area contributed by atoms with Crippen LogP contribution in [-0.2, 0) is 30.4 Å². The van der Waals surface area contributed by atoms with Crippen molar-refractivity contribution >= 4 is 29.6 Å². The van der Waals surface area contributed by atoms with Crippen molar-refractivity contribution in [3.8, 4) is 5.75 Å². The number of carbonyl (C=O) groups is 5. The summed E-state index contributed by atoms with van der Waals surface area (Å²) < 4.78 is 0. The molecule has 8 N–H and O–H groups in total. The van der Waals surface area contributed by atoms with E-state index in [1.807, 2.05) is 0 Å². The van der Waals surface area contributed by atoms with Gasteiger partial charge in [0.1, 0.15) is 29.9 Å². The van der Waals surface area contributed by atoms with E-state index >= 15 is 0 Å². The Morgan fingerprint density at radius 1 is 0.829 bits per heavy atom. The minimum absolute atomic E-state index is 0.00987. The lowest BCUT2D eigenvalue weighted by Gasteiger charge is -2.24. The highest BCUT2D eigenvalue weighted by atomic mass is 16.4. The predicted octanol–water partition coefficient (Wildman–Crippen LogP) is -0.853. The van der Waals surface area contributed by atoms with E-state index in [-0.39, 0.29) is 18.6 Å². The van der Waals surface area contributed by atoms with Gasteiger partial charge >= 0.3 is 5.97 Å². The van der Waals surface area contributed by atoms with E-state index in [0.717, 1.165) is 0 Å². The number of unbranched alkanes of at least 4 members (excludes halogenated alkanes) is 1. The highest BCUT2D eigenvalue weighted by Crippen LogP contribution is 2.12. The summed E-state index contributed by atoms with van der Waals surface area (Å²) in [7, 11) is 0. The molecule has 0 spiro atoms. The first-order chi connectivity index (χ1) is 16.4. The summed E-state index contributed by atoms with van der Waals surface area (Å²) in [5.41, 5.74) is 6.05. The highest BCUT2D eigenvalue weighted by Gasteiger charge is 2.29. The van der Waals surface area contributed by atoms with Crippen LogP contribution in [0.2, 0.25) is 0 Å². The molecule has 12 nitrogen and oxygen atoms in total. The lowest BCUT2D eigenvalue weighted by atomic mass is 10.0. The largest absolute Gasteiger partial charge is 0.508 e. The Bertz CT molecular complexity index is 891. The maximum atomic E-state index is 13.0. The maximum Gasteiger partial charge on any atom is 0.326 e. The quantitative estimate of drug-likeness (QED) is 0.162. The summed E-state index contributed by atoms with van der Waals surface area (Å²) in [4.78, 5) is 60.7. The number of carboxylic acids is 1. The van der Waals surface area contributed by atoms with Crippen LogP contribution in [0.5, 0.6) is 5.75 Å².